The summed E-state index contributed by atoms with van der Waals surface area (Å²) in [5, 5.41) is 15.4. The minimum absolute atomic E-state index is 0.402. The van der Waals surface area contributed by atoms with E-state index in [9.17, 15) is 0 Å². The molecule has 2 rings (SSSR count). The molecule has 2 aromatic rings. The topological polar surface area (TPSA) is 37.8 Å². The zero-order valence-corrected chi connectivity index (χ0v) is 9.65. The summed E-state index contributed by atoms with van der Waals surface area (Å²) in [5.74, 6) is 0. The maximum atomic E-state index is 4.13. The van der Waals surface area contributed by atoms with Gasteiger partial charge in [-0.25, -0.2) is 0 Å². The highest BCUT2D eigenvalue weighted by atomic mass is 32.1. The Kier molecular flexibility index (Phi) is 2.79. The van der Waals surface area contributed by atoms with Crippen LogP contribution < -0.4 is 5.32 Å². The van der Waals surface area contributed by atoms with Gasteiger partial charge < -0.3 is 5.32 Å². The van der Waals surface area contributed by atoms with Crippen LogP contribution in [0.5, 0.6) is 0 Å². The average molecular weight is 225 g/mol. The molecule has 0 aliphatic carbocycles. The summed E-state index contributed by atoms with van der Waals surface area (Å²) in [6, 6.07) is 4.49. The second kappa shape index (κ2) is 4.06. The molecule has 0 spiro atoms. The quantitative estimate of drug-likeness (QED) is 0.872. The van der Waals surface area contributed by atoms with Gasteiger partial charge in [-0.05, 0) is 25.3 Å². The molecule has 1 N–H and O–H groups in total. The molecule has 3 nitrogen and oxygen atoms in total. The first kappa shape index (κ1) is 9.61. The predicted molar refractivity (Wildman–Crippen MR) is 62.0 cm³/mol. The summed E-state index contributed by atoms with van der Waals surface area (Å²) in [6.45, 7) is 4.18. The Morgan fingerprint density at radius 3 is 2.86 bits per heavy atom. The van der Waals surface area contributed by atoms with E-state index >= 15 is 0 Å². The number of anilines is 1. The van der Waals surface area contributed by atoms with Crippen LogP contribution in [0.25, 0.3) is 9.88 Å². The lowest BCUT2D eigenvalue weighted by Crippen LogP contribution is -2.08. The number of aromatic nitrogens is 2. The second-order valence-electron chi connectivity index (χ2n) is 3.19. The van der Waals surface area contributed by atoms with Crippen molar-refractivity contribution in [1.82, 2.24) is 10.2 Å². The van der Waals surface area contributed by atoms with Crippen molar-refractivity contribution in [2.75, 3.05) is 5.32 Å². The number of rotatable bonds is 3. The largest absolute Gasteiger partial charge is 0.358 e. The minimum atomic E-state index is 0.402. The molecule has 0 radical (unpaired) electrons. The first-order chi connectivity index (χ1) is 6.75. The van der Waals surface area contributed by atoms with E-state index in [1.165, 1.54) is 4.88 Å². The van der Waals surface area contributed by atoms with Crippen molar-refractivity contribution in [2.24, 2.45) is 0 Å². The Labute approximate surface area is 90.8 Å². The van der Waals surface area contributed by atoms with Crippen LogP contribution in [0.1, 0.15) is 13.8 Å². The van der Waals surface area contributed by atoms with E-state index in [1.54, 1.807) is 22.7 Å². The van der Waals surface area contributed by atoms with Gasteiger partial charge in [-0.2, -0.15) is 0 Å². The molecule has 0 aromatic carbocycles. The van der Waals surface area contributed by atoms with Gasteiger partial charge in [-0.3, -0.25) is 0 Å². The number of hydrogen-bond acceptors (Lipinski definition) is 5. The van der Waals surface area contributed by atoms with Crippen LogP contribution in [0, 0.1) is 0 Å². The molecule has 0 fully saturated rings. The van der Waals surface area contributed by atoms with Gasteiger partial charge in [0.1, 0.15) is 0 Å². The summed E-state index contributed by atoms with van der Waals surface area (Å²) in [7, 11) is 0. The lowest BCUT2D eigenvalue weighted by molar-refractivity contribution is 0.888. The first-order valence-electron chi connectivity index (χ1n) is 4.39. The van der Waals surface area contributed by atoms with Gasteiger partial charge in [0.25, 0.3) is 0 Å². The number of thiophene rings is 1. The van der Waals surface area contributed by atoms with Gasteiger partial charge >= 0.3 is 0 Å². The molecule has 5 heteroatoms. The fraction of sp³-hybridized carbons (Fsp3) is 0.333. The van der Waals surface area contributed by atoms with Crippen molar-refractivity contribution >= 4 is 27.8 Å². The Morgan fingerprint density at radius 2 is 2.21 bits per heavy atom. The van der Waals surface area contributed by atoms with Gasteiger partial charge in [0, 0.05) is 6.04 Å². The highest BCUT2D eigenvalue weighted by Crippen LogP contribution is 2.29. The third-order valence-corrected chi connectivity index (χ3v) is 3.46. The normalized spacial score (nSPS) is 10.8. The molecular weight excluding hydrogens is 214 g/mol. The van der Waals surface area contributed by atoms with Crippen LogP contribution in [0.15, 0.2) is 17.5 Å². The van der Waals surface area contributed by atoms with Gasteiger partial charge in [0.05, 0.1) is 4.88 Å². The van der Waals surface area contributed by atoms with Crippen LogP contribution in [0.2, 0.25) is 0 Å². The molecular formula is C9H11N3S2. The van der Waals surface area contributed by atoms with Crippen LogP contribution in [0.3, 0.4) is 0 Å². The van der Waals surface area contributed by atoms with E-state index in [0.29, 0.717) is 6.04 Å². The van der Waals surface area contributed by atoms with Crippen molar-refractivity contribution in [3.8, 4) is 9.88 Å². The monoisotopic (exact) mass is 225 g/mol. The zero-order chi connectivity index (χ0) is 9.97. The van der Waals surface area contributed by atoms with Crippen molar-refractivity contribution < 1.29 is 0 Å². The fourth-order valence-electron chi connectivity index (χ4n) is 1.03. The summed E-state index contributed by atoms with van der Waals surface area (Å²) in [6.07, 6.45) is 0. The Balaban J connectivity index is 2.18. The van der Waals surface area contributed by atoms with Crippen molar-refractivity contribution in [3.05, 3.63) is 17.5 Å². The first-order valence-corrected chi connectivity index (χ1v) is 6.09. The summed E-state index contributed by atoms with van der Waals surface area (Å²) in [5.41, 5.74) is 0. The maximum absolute atomic E-state index is 4.13. The van der Waals surface area contributed by atoms with E-state index in [2.05, 4.69) is 35.4 Å². The lowest BCUT2D eigenvalue weighted by Gasteiger charge is -2.02. The molecule has 0 aliphatic heterocycles. The Bertz CT molecular complexity index is 392. The highest BCUT2D eigenvalue weighted by Gasteiger charge is 2.07. The molecule has 0 amide bonds. The molecule has 0 saturated heterocycles. The van der Waals surface area contributed by atoms with Crippen LogP contribution in [-0.4, -0.2) is 16.2 Å². The molecule has 14 heavy (non-hydrogen) atoms. The lowest BCUT2D eigenvalue weighted by atomic mass is 10.4. The third-order valence-electron chi connectivity index (χ3n) is 1.57. The Morgan fingerprint density at radius 1 is 1.36 bits per heavy atom. The Hall–Kier alpha value is -0.940. The second-order valence-corrected chi connectivity index (χ2v) is 5.11. The molecule has 0 saturated carbocycles. The van der Waals surface area contributed by atoms with E-state index in [0.717, 1.165) is 10.1 Å². The third kappa shape index (κ3) is 2.10. The molecule has 0 bridgehead atoms. The van der Waals surface area contributed by atoms with Crippen LogP contribution >= 0.6 is 22.7 Å². The summed E-state index contributed by atoms with van der Waals surface area (Å²) in [4.78, 5) is 1.18. The van der Waals surface area contributed by atoms with Gasteiger partial charge in [0.2, 0.25) is 5.13 Å². The van der Waals surface area contributed by atoms with Crippen LogP contribution in [-0.2, 0) is 0 Å². The standard InChI is InChI=1S/C9H11N3S2/c1-6(2)10-9-12-11-8(14-9)7-4-3-5-13-7/h3-6H,1-2H3,(H,10,12). The highest BCUT2D eigenvalue weighted by molar-refractivity contribution is 7.22. The summed E-state index contributed by atoms with van der Waals surface area (Å²) >= 11 is 3.28. The maximum Gasteiger partial charge on any atom is 0.206 e. The SMILES string of the molecule is CC(C)Nc1nnc(-c2cccs2)s1. The molecule has 0 unspecified atom stereocenters. The van der Waals surface area contributed by atoms with E-state index in [1.807, 2.05) is 11.4 Å². The number of nitrogens with zero attached hydrogens (tertiary/aromatic N) is 2. The van der Waals surface area contributed by atoms with Crippen molar-refractivity contribution in [1.29, 1.82) is 0 Å². The smallest absolute Gasteiger partial charge is 0.206 e. The molecule has 74 valence electrons. The van der Waals surface area contributed by atoms with Crippen molar-refractivity contribution in [2.45, 2.75) is 19.9 Å². The predicted octanol–water partition coefficient (Wildman–Crippen LogP) is 3.09. The molecule has 0 aliphatic rings. The fourth-order valence-corrected chi connectivity index (χ4v) is 2.71. The van der Waals surface area contributed by atoms with Gasteiger partial charge in [-0.1, -0.05) is 17.4 Å². The zero-order valence-electron chi connectivity index (χ0n) is 8.02. The average Bonchev–Trinajstić information content (AvgIpc) is 2.69. The van der Waals surface area contributed by atoms with Crippen molar-refractivity contribution in [3.63, 3.8) is 0 Å². The molecule has 0 atom stereocenters. The minimum Gasteiger partial charge on any atom is -0.358 e. The van der Waals surface area contributed by atoms with Gasteiger partial charge in [0.15, 0.2) is 5.01 Å². The molecule has 2 heterocycles. The molecule has 2 aromatic heterocycles. The van der Waals surface area contributed by atoms with E-state index in [-0.39, 0.29) is 0 Å². The summed E-state index contributed by atoms with van der Waals surface area (Å²) < 4.78 is 0. The van der Waals surface area contributed by atoms with Gasteiger partial charge in [-0.15, -0.1) is 21.5 Å². The van der Waals surface area contributed by atoms with E-state index < -0.39 is 0 Å². The van der Waals surface area contributed by atoms with E-state index in [4.69, 9.17) is 0 Å². The number of nitrogens with one attached hydrogen (secondary N) is 1. The number of hydrogen-bond donors (Lipinski definition) is 1. The van der Waals surface area contributed by atoms with Crippen LogP contribution in [0.4, 0.5) is 5.13 Å².